The van der Waals surface area contributed by atoms with E-state index in [1.54, 1.807) is 30.5 Å². The summed E-state index contributed by atoms with van der Waals surface area (Å²) in [6.07, 6.45) is 16.1. The molecule has 0 fully saturated rings. The summed E-state index contributed by atoms with van der Waals surface area (Å²) < 4.78 is 13.4. The number of carbonyl (C=O) groups excluding carboxylic acids is 1. The summed E-state index contributed by atoms with van der Waals surface area (Å²) in [7, 11) is 3.29. The summed E-state index contributed by atoms with van der Waals surface area (Å²) in [5.74, 6) is 0.418. The molecule has 1 aromatic heterocycles. The maximum absolute atomic E-state index is 11.3. The zero-order valence-electron chi connectivity index (χ0n) is 21.6. The number of rotatable bonds is 11. The lowest BCUT2D eigenvalue weighted by atomic mass is 10.2. The van der Waals surface area contributed by atoms with Gasteiger partial charge in [-0.05, 0) is 36.8 Å². The number of hydrogen-bond donors (Lipinski definition) is 0. The molecule has 0 unspecified atom stereocenters. The summed E-state index contributed by atoms with van der Waals surface area (Å²) in [5, 5.41) is 13.4. The Kier molecular flexibility index (Phi) is 11.1. The first-order valence-electron chi connectivity index (χ1n) is 12.1. The predicted octanol–water partition coefficient (Wildman–Crippen LogP) is 5.91. The van der Waals surface area contributed by atoms with Gasteiger partial charge < -0.3 is 24.3 Å². The molecule has 0 saturated heterocycles. The first kappa shape index (κ1) is 29.5. The van der Waals surface area contributed by atoms with Crippen molar-refractivity contribution in [2.45, 2.75) is 31.2 Å². The van der Waals surface area contributed by atoms with Crippen LogP contribution in [-0.4, -0.2) is 26.7 Å². The van der Waals surface area contributed by atoms with Gasteiger partial charge in [0, 0.05) is 23.6 Å². The number of methoxy groups -OCH3 is 2. The summed E-state index contributed by atoms with van der Waals surface area (Å²) in [6.45, 7) is 2.95. The van der Waals surface area contributed by atoms with Crippen molar-refractivity contribution in [3.05, 3.63) is 82.9 Å². The number of aliphatic carboxylic acids is 1. The second kappa shape index (κ2) is 14.2. The number of carboxylic acid groups (broad SMARTS) is 1. The Bertz CT molecular complexity index is 1390. The fourth-order valence-corrected chi connectivity index (χ4v) is 6.11. The number of halogens is 1. The third kappa shape index (κ3) is 7.09. The minimum Gasteiger partial charge on any atom is -0.544 e. The summed E-state index contributed by atoms with van der Waals surface area (Å²) in [5.41, 5.74) is 2.01. The van der Waals surface area contributed by atoms with Gasteiger partial charge in [0.1, 0.15) is 22.2 Å². The van der Waals surface area contributed by atoms with Crippen molar-refractivity contribution in [2.75, 3.05) is 25.7 Å². The minimum atomic E-state index is -1.13. The number of anilines is 1. The van der Waals surface area contributed by atoms with Crippen LogP contribution < -0.4 is 24.0 Å². The summed E-state index contributed by atoms with van der Waals surface area (Å²) >= 11 is 3.29. The Morgan fingerprint density at radius 3 is 2.47 bits per heavy atom. The lowest BCUT2D eigenvalue weighted by molar-refractivity contribution is -0.663. The average molecular weight is 616 g/mol. The van der Waals surface area contributed by atoms with E-state index >= 15 is 0 Å². The van der Waals surface area contributed by atoms with Crippen molar-refractivity contribution in [3.8, 4) is 11.5 Å². The van der Waals surface area contributed by atoms with Crippen LogP contribution in [0, 0.1) is 0 Å². The lowest BCUT2D eigenvalue weighted by Gasteiger charge is -2.20. The Morgan fingerprint density at radius 2 is 1.74 bits per heavy atom. The van der Waals surface area contributed by atoms with Crippen LogP contribution in [0.1, 0.15) is 24.8 Å². The van der Waals surface area contributed by atoms with Gasteiger partial charge in [-0.25, -0.2) is 0 Å². The van der Waals surface area contributed by atoms with Gasteiger partial charge >= 0.3 is 0 Å². The fraction of sp³-hybridized carbons (Fsp3) is 0.241. The van der Waals surface area contributed by atoms with Gasteiger partial charge in [0.05, 0.1) is 31.0 Å². The van der Waals surface area contributed by atoms with E-state index in [9.17, 15) is 9.90 Å². The van der Waals surface area contributed by atoms with Crippen molar-refractivity contribution in [1.82, 2.24) is 0 Å². The highest BCUT2D eigenvalue weighted by Gasteiger charge is 2.24. The largest absolute Gasteiger partial charge is 0.544 e. The van der Waals surface area contributed by atoms with E-state index in [4.69, 9.17) is 9.47 Å². The van der Waals surface area contributed by atoms with Crippen LogP contribution in [0.15, 0.2) is 82.8 Å². The number of benzene rings is 2. The van der Waals surface area contributed by atoms with Crippen molar-refractivity contribution in [2.24, 2.45) is 0 Å². The third-order valence-corrected chi connectivity index (χ3v) is 8.08. The van der Waals surface area contributed by atoms with Gasteiger partial charge in [-0.3, -0.25) is 0 Å². The van der Waals surface area contributed by atoms with Gasteiger partial charge in [-0.1, -0.05) is 66.8 Å². The van der Waals surface area contributed by atoms with Gasteiger partial charge in [0.25, 0.3) is 5.01 Å². The molecule has 9 heteroatoms. The molecule has 2 heterocycles. The van der Waals surface area contributed by atoms with E-state index in [-0.39, 0.29) is 23.5 Å². The molecule has 6 nitrogen and oxygen atoms in total. The molecule has 0 bridgehead atoms. The van der Waals surface area contributed by atoms with Crippen molar-refractivity contribution in [3.63, 3.8) is 0 Å². The van der Waals surface area contributed by atoms with Crippen LogP contribution >= 0.6 is 40.1 Å². The topological polar surface area (TPSA) is 65.7 Å². The smallest absolute Gasteiger partial charge is 0.263 e. The highest BCUT2D eigenvalue weighted by atomic mass is 79.9. The number of thioether (sulfide) groups is 1. The number of aromatic nitrogens is 1. The van der Waals surface area contributed by atoms with Crippen molar-refractivity contribution in [1.29, 1.82) is 0 Å². The minimum absolute atomic E-state index is 0. The van der Waals surface area contributed by atoms with Gasteiger partial charge in [0.15, 0.2) is 6.54 Å². The highest BCUT2D eigenvalue weighted by molar-refractivity contribution is 8.93. The van der Waals surface area contributed by atoms with E-state index in [1.807, 2.05) is 60.7 Å². The second-order valence-electron chi connectivity index (χ2n) is 8.31. The Morgan fingerprint density at radius 1 is 1.03 bits per heavy atom. The highest BCUT2D eigenvalue weighted by Crippen LogP contribution is 2.47. The fourth-order valence-electron chi connectivity index (χ4n) is 3.97. The number of nitrogens with zero attached hydrogens (tertiary/aromatic N) is 2. The summed E-state index contributed by atoms with van der Waals surface area (Å²) in [4.78, 5) is 14.9. The molecule has 1 aliphatic heterocycles. The quantitative estimate of drug-likeness (QED) is 0.197. The van der Waals surface area contributed by atoms with Crippen molar-refractivity contribution < 1.29 is 23.9 Å². The molecule has 0 spiro atoms. The van der Waals surface area contributed by atoms with E-state index in [0.717, 1.165) is 40.4 Å². The molecule has 4 rings (SSSR count). The zero-order chi connectivity index (χ0) is 26.2. The molecule has 0 N–H and O–H groups in total. The van der Waals surface area contributed by atoms with Crippen LogP contribution in [0.4, 0.5) is 5.69 Å². The number of fused-ring (bicyclic) bond motifs is 2. The molecule has 0 aliphatic carbocycles. The second-order valence-corrected chi connectivity index (χ2v) is 10.4. The Hall–Kier alpha value is -3.01. The standard InChI is InChI=1S/C29H30N2O4S2.BrH/c1-4-5-17-30-23-18-21(34-2)13-15-25(23)36-27(30)11-9-7-6-8-10-12-28-31(20-29(32)33)24-19-22(35-3)14-16-26(24)37-28;/h6-16,18-19H,4-5,17,20H2,1-3H3;1H. The van der Waals surface area contributed by atoms with Gasteiger partial charge in [0.2, 0.25) is 5.52 Å². The van der Waals surface area contributed by atoms with Crippen molar-refractivity contribution >= 4 is 68.0 Å². The first-order chi connectivity index (χ1) is 18.0. The van der Waals surface area contributed by atoms with E-state index < -0.39 is 5.97 Å². The number of unbranched alkanes of at least 4 members (excludes halogenated alkanes) is 1. The first-order valence-corrected chi connectivity index (χ1v) is 13.7. The molecule has 38 heavy (non-hydrogen) atoms. The third-order valence-electron chi connectivity index (χ3n) is 5.82. The molecule has 0 radical (unpaired) electrons. The lowest BCUT2D eigenvalue weighted by Crippen LogP contribution is -2.44. The van der Waals surface area contributed by atoms with Crippen LogP contribution in [0.25, 0.3) is 16.3 Å². The number of ether oxygens (including phenoxy) is 2. The zero-order valence-corrected chi connectivity index (χ0v) is 24.9. The number of carboxylic acids is 1. The molecule has 1 aliphatic rings. The van der Waals surface area contributed by atoms with Gasteiger partial charge in [-0.2, -0.15) is 4.57 Å². The molecule has 0 saturated carbocycles. The van der Waals surface area contributed by atoms with E-state index in [0.29, 0.717) is 5.75 Å². The number of carbonyl (C=O) groups is 1. The predicted molar refractivity (Wildman–Crippen MR) is 160 cm³/mol. The normalized spacial score (nSPS) is 14.2. The molecule has 2 aromatic carbocycles. The summed E-state index contributed by atoms with van der Waals surface area (Å²) in [6, 6.07) is 11.9. The number of hydrogen-bond acceptors (Lipinski definition) is 7. The number of thiazole rings is 1. The maximum atomic E-state index is 11.3. The SMILES string of the molecule is Br.CCCCN1C(=CC=CC=CC=Cc2sc3ccc(OC)cc3[n+]2CC(=O)[O-])Sc2ccc(OC)cc21. The molecular weight excluding hydrogens is 584 g/mol. The number of allylic oxidation sites excluding steroid dienone is 6. The van der Waals surface area contributed by atoms with Gasteiger partial charge in [-0.15, -0.1) is 17.0 Å². The van der Waals surface area contributed by atoms with Crippen LogP contribution in [0.2, 0.25) is 0 Å². The van der Waals surface area contributed by atoms with Crippen LogP contribution in [-0.2, 0) is 11.3 Å². The van der Waals surface area contributed by atoms with E-state index in [1.165, 1.54) is 26.9 Å². The molecule has 0 amide bonds. The monoisotopic (exact) mass is 614 g/mol. The van der Waals surface area contributed by atoms with Crippen LogP contribution in [0.3, 0.4) is 0 Å². The molecule has 200 valence electrons. The molecule has 0 atom stereocenters. The average Bonchev–Trinajstić information content (AvgIpc) is 3.42. The Balaban J connectivity index is 0.00000400. The van der Waals surface area contributed by atoms with E-state index in [2.05, 4.69) is 30.0 Å². The molecule has 3 aromatic rings. The molecular formula is C29H31BrN2O4S2. The maximum Gasteiger partial charge on any atom is 0.263 e. The van der Waals surface area contributed by atoms with Crippen LogP contribution in [0.5, 0.6) is 11.5 Å². The Labute approximate surface area is 242 Å².